The van der Waals surface area contributed by atoms with Crippen molar-refractivity contribution in [3.05, 3.63) is 58.5 Å². The van der Waals surface area contributed by atoms with Crippen LogP contribution in [0.2, 0.25) is 0 Å². The Labute approximate surface area is 193 Å². The SMILES string of the molecule is O=C1N=C(N2CCOCC2)SC1=Cc1cccc(-c2ccc(O)c(C3CCCCC3)c2)c1. The van der Waals surface area contributed by atoms with E-state index in [2.05, 4.69) is 28.1 Å². The Hall–Kier alpha value is -2.57. The first kappa shape index (κ1) is 21.3. The van der Waals surface area contributed by atoms with Gasteiger partial charge in [0.2, 0.25) is 0 Å². The summed E-state index contributed by atoms with van der Waals surface area (Å²) in [5.41, 5.74) is 4.22. The highest BCUT2D eigenvalue weighted by Gasteiger charge is 2.27. The van der Waals surface area contributed by atoms with E-state index in [-0.39, 0.29) is 5.91 Å². The lowest BCUT2D eigenvalue weighted by Gasteiger charge is -2.27. The fourth-order valence-corrected chi connectivity index (χ4v) is 5.69. The highest BCUT2D eigenvalue weighted by atomic mass is 32.2. The zero-order chi connectivity index (χ0) is 21.9. The molecule has 0 atom stereocenters. The first-order chi connectivity index (χ1) is 15.7. The third-order valence-corrected chi connectivity index (χ3v) is 7.53. The molecule has 5 nitrogen and oxygen atoms in total. The molecule has 5 rings (SSSR count). The molecule has 1 saturated heterocycles. The molecule has 1 amide bonds. The molecule has 1 saturated carbocycles. The van der Waals surface area contributed by atoms with E-state index < -0.39 is 0 Å². The number of hydrogen-bond donors (Lipinski definition) is 1. The molecule has 0 spiro atoms. The molecule has 2 aromatic rings. The van der Waals surface area contributed by atoms with Crippen molar-refractivity contribution in [2.75, 3.05) is 26.3 Å². The number of aromatic hydroxyl groups is 1. The number of carbonyl (C=O) groups is 1. The second kappa shape index (κ2) is 9.51. The highest BCUT2D eigenvalue weighted by Crippen LogP contribution is 2.39. The summed E-state index contributed by atoms with van der Waals surface area (Å²) in [5.74, 6) is 0.669. The third-order valence-electron chi connectivity index (χ3n) is 6.48. The standard InChI is InChI=1S/C26H28N2O3S/c29-23-10-9-21(17-22(23)19-6-2-1-3-7-19)20-8-4-5-18(15-20)16-24-25(30)27-26(32-24)28-11-13-31-14-12-28/h4-5,8-10,15-17,19,29H,1-3,6-7,11-14H2. The molecule has 2 fully saturated rings. The first-order valence-electron chi connectivity index (χ1n) is 11.5. The Morgan fingerprint density at radius 3 is 2.62 bits per heavy atom. The number of phenols is 1. The fourth-order valence-electron chi connectivity index (χ4n) is 4.72. The maximum atomic E-state index is 12.5. The topological polar surface area (TPSA) is 62.1 Å². The number of nitrogens with zero attached hydrogens (tertiary/aromatic N) is 2. The van der Waals surface area contributed by atoms with Crippen LogP contribution in [0.1, 0.15) is 49.1 Å². The maximum absolute atomic E-state index is 12.5. The number of amides is 1. The lowest BCUT2D eigenvalue weighted by atomic mass is 9.82. The molecule has 166 valence electrons. The molecule has 0 radical (unpaired) electrons. The molecule has 0 aromatic heterocycles. The van der Waals surface area contributed by atoms with Crippen LogP contribution in [-0.4, -0.2) is 47.4 Å². The van der Waals surface area contributed by atoms with Crippen molar-refractivity contribution in [2.24, 2.45) is 4.99 Å². The molecule has 2 aromatic carbocycles. The molecule has 1 N–H and O–H groups in total. The number of aliphatic imine (C=N–C) groups is 1. The van der Waals surface area contributed by atoms with Gasteiger partial charge in [-0.3, -0.25) is 4.79 Å². The van der Waals surface area contributed by atoms with Gasteiger partial charge in [-0.1, -0.05) is 43.5 Å². The summed E-state index contributed by atoms with van der Waals surface area (Å²) in [6.45, 7) is 2.88. The second-order valence-corrected chi connectivity index (χ2v) is 9.65. The molecule has 2 heterocycles. The van der Waals surface area contributed by atoms with E-state index in [1.54, 1.807) is 0 Å². The van der Waals surface area contributed by atoms with Gasteiger partial charge in [-0.05, 0) is 77.1 Å². The smallest absolute Gasteiger partial charge is 0.286 e. The molecule has 2 aliphatic heterocycles. The Morgan fingerprint density at radius 1 is 1.03 bits per heavy atom. The molecule has 0 bridgehead atoms. The third kappa shape index (κ3) is 4.62. The van der Waals surface area contributed by atoms with E-state index in [0.29, 0.717) is 29.8 Å². The van der Waals surface area contributed by atoms with Crippen LogP contribution in [0, 0.1) is 0 Å². The van der Waals surface area contributed by atoms with Gasteiger partial charge in [0.1, 0.15) is 5.75 Å². The lowest BCUT2D eigenvalue weighted by molar-refractivity contribution is -0.113. The number of phenolic OH excluding ortho intramolecular Hbond substituents is 1. The zero-order valence-corrected chi connectivity index (χ0v) is 18.9. The summed E-state index contributed by atoms with van der Waals surface area (Å²) in [5, 5.41) is 11.2. The Morgan fingerprint density at radius 2 is 1.81 bits per heavy atom. The van der Waals surface area contributed by atoms with Crippen molar-refractivity contribution in [1.82, 2.24) is 4.90 Å². The zero-order valence-electron chi connectivity index (χ0n) is 18.1. The van der Waals surface area contributed by atoms with E-state index >= 15 is 0 Å². The molecular formula is C26H28N2O3S. The molecule has 1 aliphatic carbocycles. The van der Waals surface area contributed by atoms with E-state index in [4.69, 9.17) is 4.74 Å². The van der Waals surface area contributed by atoms with Gasteiger partial charge in [-0.25, -0.2) is 0 Å². The van der Waals surface area contributed by atoms with E-state index in [1.165, 1.54) is 31.0 Å². The van der Waals surface area contributed by atoms with Crippen LogP contribution in [0.25, 0.3) is 17.2 Å². The van der Waals surface area contributed by atoms with E-state index in [1.807, 2.05) is 30.3 Å². The van der Waals surface area contributed by atoms with Crippen molar-refractivity contribution in [1.29, 1.82) is 0 Å². The van der Waals surface area contributed by atoms with Gasteiger partial charge in [0.15, 0.2) is 5.17 Å². The minimum atomic E-state index is -0.175. The molecule has 3 aliphatic rings. The van der Waals surface area contributed by atoms with E-state index in [0.717, 1.165) is 53.4 Å². The van der Waals surface area contributed by atoms with Gasteiger partial charge in [0, 0.05) is 13.1 Å². The Balaban J connectivity index is 1.37. The second-order valence-electron chi connectivity index (χ2n) is 8.64. The summed E-state index contributed by atoms with van der Waals surface area (Å²) in [4.78, 5) is 19.5. The predicted octanol–water partition coefficient (Wildman–Crippen LogP) is 5.41. The summed E-state index contributed by atoms with van der Waals surface area (Å²) in [6, 6.07) is 14.2. The largest absolute Gasteiger partial charge is 0.508 e. The van der Waals surface area contributed by atoms with Gasteiger partial charge in [0.25, 0.3) is 5.91 Å². The van der Waals surface area contributed by atoms with E-state index in [9.17, 15) is 9.90 Å². The minimum Gasteiger partial charge on any atom is -0.508 e. The molecule has 6 heteroatoms. The predicted molar refractivity (Wildman–Crippen MR) is 130 cm³/mol. The van der Waals surface area contributed by atoms with Crippen molar-refractivity contribution < 1.29 is 14.6 Å². The number of carbonyl (C=O) groups excluding carboxylic acids is 1. The number of hydrogen-bond acceptors (Lipinski definition) is 5. The Bertz CT molecular complexity index is 1070. The molecular weight excluding hydrogens is 420 g/mol. The quantitative estimate of drug-likeness (QED) is 0.636. The minimum absolute atomic E-state index is 0.175. The highest BCUT2D eigenvalue weighted by molar-refractivity contribution is 8.18. The Kier molecular flexibility index (Phi) is 6.32. The number of thioether (sulfide) groups is 1. The summed E-state index contributed by atoms with van der Waals surface area (Å²) >= 11 is 1.44. The van der Waals surface area contributed by atoms with Crippen LogP contribution in [-0.2, 0) is 9.53 Å². The first-order valence-corrected chi connectivity index (χ1v) is 12.3. The summed E-state index contributed by atoms with van der Waals surface area (Å²) < 4.78 is 5.40. The number of rotatable bonds is 3. The molecule has 0 unspecified atom stereocenters. The van der Waals surface area contributed by atoms with Gasteiger partial charge in [-0.15, -0.1) is 0 Å². The summed E-state index contributed by atoms with van der Waals surface area (Å²) in [6.07, 6.45) is 7.98. The van der Waals surface area contributed by atoms with Crippen LogP contribution in [0.4, 0.5) is 0 Å². The van der Waals surface area contributed by atoms with Gasteiger partial charge >= 0.3 is 0 Å². The average Bonchev–Trinajstić information content (AvgIpc) is 3.21. The average molecular weight is 449 g/mol. The number of ether oxygens (including phenoxy) is 1. The van der Waals surface area contributed by atoms with Gasteiger partial charge in [0.05, 0.1) is 18.1 Å². The van der Waals surface area contributed by atoms with Crippen molar-refractivity contribution in [2.45, 2.75) is 38.0 Å². The number of benzene rings is 2. The molecule has 32 heavy (non-hydrogen) atoms. The van der Waals surface area contributed by atoms with Crippen LogP contribution in [0.3, 0.4) is 0 Å². The van der Waals surface area contributed by atoms with Gasteiger partial charge in [-0.2, -0.15) is 4.99 Å². The fraction of sp³-hybridized carbons (Fsp3) is 0.385. The van der Waals surface area contributed by atoms with Gasteiger partial charge < -0.3 is 14.7 Å². The van der Waals surface area contributed by atoms with Crippen molar-refractivity contribution in [3.63, 3.8) is 0 Å². The maximum Gasteiger partial charge on any atom is 0.286 e. The van der Waals surface area contributed by atoms with Crippen LogP contribution in [0.15, 0.2) is 52.4 Å². The van der Waals surface area contributed by atoms with Crippen LogP contribution < -0.4 is 0 Å². The monoisotopic (exact) mass is 448 g/mol. The van der Waals surface area contributed by atoms with Crippen LogP contribution in [0.5, 0.6) is 5.75 Å². The van der Waals surface area contributed by atoms with Crippen molar-refractivity contribution >= 4 is 28.9 Å². The number of morpholine rings is 1. The normalized spacial score (nSPS) is 21.2. The lowest BCUT2D eigenvalue weighted by Crippen LogP contribution is -2.38. The summed E-state index contributed by atoms with van der Waals surface area (Å²) in [7, 11) is 0. The number of amidine groups is 1. The van der Waals surface area contributed by atoms with Crippen molar-refractivity contribution in [3.8, 4) is 16.9 Å². The van der Waals surface area contributed by atoms with Crippen LogP contribution >= 0.6 is 11.8 Å².